The van der Waals surface area contributed by atoms with Gasteiger partial charge >= 0.3 is 6.18 Å². The molecule has 144 valence electrons. The molecular weight excluding hydrogens is 369 g/mol. The molecule has 1 saturated carbocycles. The first-order valence-corrected chi connectivity index (χ1v) is 8.87. The molecule has 1 heterocycles. The van der Waals surface area contributed by atoms with E-state index in [4.69, 9.17) is 0 Å². The summed E-state index contributed by atoms with van der Waals surface area (Å²) in [7, 11) is 0. The lowest BCUT2D eigenvalue weighted by Crippen LogP contribution is -2.15. The number of anilines is 1. The number of carbonyl (C=O) groups is 1. The topological polar surface area (TPSA) is 70.7 Å². The minimum Gasteiger partial charge on any atom is -0.326 e. The summed E-state index contributed by atoms with van der Waals surface area (Å²) in [6, 6.07) is 11.8. The number of benzene rings is 2. The van der Waals surface area contributed by atoms with Gasteiger partial charge in [-0.1, -0.05) is 30.3 Å². The van der Waals surface area contributed by atoms with E-state index in [1.54, 1.807) is 18.2 Å². The van der Waals surface area contributed by atoms with Crippen LogP contribution >= 0.6 is 0 Å². The van der Waals surface area contributed by atoms with Crippen LogP contribution < -0.4 is 5.32 Å². The lowest BCUT2D eigenvalue weighted by molar-refractivity contribution is -0.137. The van der Waals surface area contributed by atoms with Crippen molar-refractivity contribution in [1.82, 2.24) is 15.2 Å². The summed E-state index contributed by atoms with van der Waals surface area (Å²) in [5.74, 6) is 1.48. The highest BCUT2D eigenvalue weighted by Gasteiger charge is 2.30. The van der Waals surface area contributed by atoms with Crippen LogP contribution in [0.25, 0.3) is 11.4 Å². The SMILES string of the molecule is O=C(Cc1cccc(C(F)(F)F)c1)Nc1cccc(-c2n[nH]c(C3CC3)n2)c1. The van der Waals surface area contributed by atoms with Gasteiger partial charge in [0.05, 0.1) is 12.0 Å². The average molecular weight is 386 g/mol. The summed E-state index contributed by atoms with van der Waals surface area (Å²) in [6.45, 7) is 0. The molecule has 8 heteroatoms. The number of hydrogen-bond donors (Lipinski definition) is 2. The van der Waals surface area contributed by atoms with E-state index in [-0.39, 0.29) is 6.42 Å². The van der Waals surface area contributed by atoms with Gasteiger partial charge in [-0.25, -0.2) is 4.98 Å². The molecule has 4 rings (SSSR count). The summed E-state index contributed by atoms with van der Waals surface area (Å²) in [6.07, 6.45) is -2.36. The van der Waals surface area contributed by atoms with Gasteiger partial charge in [0.15, 0.2) is 5.82 Å². The molecule has 1 amide bonds. The maximum absolute atomic E-state index is 12.8. The fourth-order valence-corrected chi connectivity index (χ4v) is 2.93. The molecule has 3 aromatic rings. The van der Waals surface area contributed by atoms with Crippen LogP contribution in [0, 0.1) is 0 Å². The normalized spacial score (nSPS) is 14.1. The van der Waals surface area contributed by atoms with Crippen molar-refractivity contribution in [2.24, 2.45) is 0 Å². The minimum atomic E-state index is -4.43. The van der Waals surface area contributed by atoms with Crippen molar-refractivity contribution < 1.29 is 18.0 Å². The fourth-order valence-electron chi connectivity index (χ4n) is 2.93. The lowest BCUT2D eigenvalue weighted by atomic mass is 10.1. The van der Waals surface area contributed by atoms with Gasteiger partial charge in [-0.3, -0.25) is 9.89 Å². The number of alkyl halides is 3. The second kappa shape index (κ2) is 7.10. The zero-order valence-electron chi connectivity index (χ0n) is 14.8. The summed E-state index contributed by atoms with van der Waals surface area (Å²) >= 11 is 0. The van der Waals surface area contributed by atoms with Gasteiger partial charge in [0.2, 0.25) is 5.91 Å². The molecule has 0 unspecified atom stereocenters. The highest BCUT2D eigenvalue weighted by atomic mass is 19.4. The summed E-state index contributed by atoms with van der Waals surface area (Å²) in [4.78, 5) is 16.7. The second-order valence-electron chi connectivity index (χ2n) is 6.82. The fraction of sp³-hybridized carbons (Fsp3) is 0.250. The van der Waals surface area contributed by atoms with Crippen molar-refractivity contribution in [2.45, 2.75) is 31.4 Å². The third-order valence-electron chi connectivity index (χ3n) is 4.49. The van der Waals surface area contributed by atoms with Crippen molar-refractivity contribution in [3.05, 3.63) is 65.5 Å². The molecule has 2 aromatic carbocycles. The molecule has 0 bridgehead atoms. The smallest absolute Gasteiger partial charge is 0.326 e. The largest absolute Gasteiger partial charge is 0.416 e. The Hall–Kier alpha value is -3.16. The number of carbonyl (C=O) groups excluding carboxylic acids is 1. The zero-order valence-corrected chi connectivity index (χ0v) is 14.8. The number of H-pyrrole nitrogens is 1. The number of nitrogens with zero attached hydrogens (tertiary/aromatic N) is 2. The molecule has 1 aliphatic carbocycles. The quantitative estimate of drug-likeness (QED) is 0.676. The molecular formula is C20H17F3N4O. The average Bonchev–Trinajstić information content (AvgIpc) is 3.38. The molecule has 0 saturated heterocycles. The van der Waals surface area contributed by atoms with Crippen molar-refractivity contribution in [1.29, 1.82) is 0 Å². The summed E-state index contributed by atoms with van der Waals surface area (Å²) in [5, 5.41) is 9.86. The maximum Gasteiger partial charge on any atom is 0.416 e. The van der Waals surface area contributed by atoms with Crippen LogP contribution in [-0.4, -0.2) is 21.1 Å². The van der Waals surface area contributed by atoms with Gasteiger partial charge in [-0.05, 0) is 36.6 Å². The van der Waals surface area contributed by atoms with E-state index in [0.29, 0.717) is 23.0 Å². The Morgan fingerprint density at radius 3 is 2.68 bits per heavy atom. The minimum absolute atomic E-state index is 0.152. The molecule has 28 heavy (non-hydrogen) atoms. The molecule has 0 atom stereocenters. The predicted molar refractivity (Wildman–Crippen MR) is 97.6 cm³/mol. The van der Waals surface area contributed by atoms with Crippen LogP contribution in [0.15, 0.2) is 48.5 Å². The van der Waals surface area contributed by atoms with Crippen molar-refractivity contribution in [3.63, 3.8) is 0 Å². The van der Waals surface area contributed by atoms with E-state index in [2.05, 4.69) is 20.5 Å². The van der Waals surface area contributed by atoms with E-state index in [0.717, 1.165) is 36.4 Å². The van der Waals surface area contributed by atoms with Crippen LogP contribution in [-0.2, 0) is 17.4 Å². The number of aromatic nitrogens is 3. The summed E-state index contributed by atoms with van der Waals surface area (Å²) in [5.41, 5.74) is 0.815. The molecule has 5 nitrogen and oxygen atoms in total. The van der Waals surface area contributed by atoms with Crippen LogP contribution in [0.3, 0.4) is 0 Å². The van der Waals surface area contributed by atoms with Crippen LogP contribution in [0.1, 0.15) is 35.7 Å². The first-order chi connectivity index (χ1) is 13.4. The molecule has 2 N–H and O–H groups in total. The van der Waals surface area contributed by atoms with E-state index in [1.165, 1.54) is 12.1 Å². The monoisotopic (exact) mass is 386 g/mol. The van der Waals surface area contributed by atoms with Crippen LogP contribution in [0.2, 0.25) is 0 Å². The Labute approximate surface area is 159 Å². The third kappa shape index (κ3) is 4.21. The van der Waals surface area contributed by atoms with Crippen molar-refractivity contribution in [3.8, 4) is 11.4 Å². The molecule has 1 aliphatic rings. The lowest BCUT2D eigenvalue weighted by Gasteiger charge is -2.09. The number of halogens is 3. The number of aromatic amines is 1. The second-order valence-corrected chi connectivity index (χ2v) is 6.82. The standard InChI is InChI=1S/C20H17F3N4O/c21-20(22,23)15-5-1-3-12(9-15)10-17(28)24-16-6-2-4-14(11-16)19-25-18(26-27-19)13-7-8-13/h1-6,9,11,13H,7-8,10H2,(H,24,28)(H,25,26,27). The Balaban J connectivity index is 1.44. The van der Waals surface area contributed by atoms with Gasteiger partial charge in [0, 0.05) is 17.2 Å². The Morgan fingerprint density at radius 1 is 1.14 bits per heavy atom. The van der Waals surface area contributed by atoms with Crippen molar-refractivity contribution >= 4 is 11.6 Å². The molecule has 0 spiro atoms. The number of rotatable bonds is 5. The third-order valence-corrected chi connectivity index (χ3v) is 4.49. The zero-order chi connectivity index (χ0) is 19.7. The Kier molecular flexibility index (Phi) is 4.62. The van der Waals surface area contributed by atoms with Gasteiger partial charge in [-0.15, -0.1) is 0 Å². The van der Waals surface area contributed by atoms with Gasteiger partial charge in [0.25, 0.3) is 0 Å². The highest BCUT2D eigenvalue weighted by molar-refractivity contribution is 5.92. The van der Waals surface area contributed by atoms with E-state index in [1.807, 2.05) is 6.07 Å². The highest BCUT2D eigenvalue weighted by Crippen LogP contribution is 2.38. The van der Waals surface area contributed by atoms with Crippen LogP contribution in [0.4, 0.5) is 18.9 Å². The Bertz CT molecular complexity index is 1010. The maximum atomic E-state index is 12.8. The molecule has 0 aliphatic heterocycles. The number of nitrogens with one attached hydrogen (secondary N) is 2. The first kappa shape index (κ1) is 18.2. The first-order valence-electron chi connectivity index (χ1n) is 8.87. The van der Waals surface area contributed by atoms with Gasteiger partial charge in [0.1, 0.15) is 5.82 Å². The van der Waals surface area contributed by atoms with E-state index >= 15 is 0 Å². The number of amides is 1. The summed E-state index contributed by atoms with van der Waals surface area (Å²) < 4.78 is 38.4. The predicted octanol–water partition coefficient (Wildman–Crippen LogP) is 4.55. The van der Waals surface area contributed by atoms with E-state index < -0.39 is 17.6 Å². The van der Waals surface area contributed by atoms with Crippen LogP contribution in [0.5, 0.6) is 0 Å². The van der Waals surface area contributed by atoms with Crippen molar-refractivity contribution in [2.75, 3.05) is 5.32 Å². The molecule has 1 fully saturated rings. The number of hydrogen-bond acceptors (Lipinski definition) is 3. The molecule has 1 aromatic heterocycles. The van der Waals surface area contributed by atoms with E-state index in [9.17, 15) is 18.0 Å². The molecule has 0 radical (unpaired) electrons. The Morgan fingerprint density at radius 2 is 1.93 bits per heavy atom. The van der Waals surface area contributed by atoms with Gasteiger partial charge in [-0.2, -0.15) is 18.3 Å². The van der Waals surface area contributed by atoms with Gasteiger partial charge < -0.3 is 5.32 Å².